The average Bonchev–Trinajstić information content (AvgIpc) is 3.48. The third kappa shape index (κ3) is 6.35. The van der Waals surface area contributed by atoms with Crippen LogP contribution in [0.2, 0.25) is 0 Å². The van der Waals surface area contributed by atoms with E-state index in [1.165, 1.54) is 36.9 Å². The fourth-order valence-electron chi connectivity index (χ4n) is 4.43. The van der Waals surface area contributed by atoms with Gasteiger partial charge in [0, 0.05) is 18.7 Å². The van der Waals surface area contributed by atoms with E-state index in [1.54, 1.807) is 48.5 Å². The molecule has 202 valence electrons. The number of hydrogen-bond donors (Lipinski definition) is 2. The van der Waals surface area contributed by atoms with Crippen molar-refractivity contribution in [1.29, 1.82) is 0 Å². The summed E-state index contributed by atoms with van der Waals surface area (Å²) in [4.78, 5) is 26.5. The highest BCUT2D eigenvalue weighted by atomic mass is 32.2. The van der Waals surface area contributed by atoms with E-state index < -0.39 is 22.0 Å². The molecule has 1 saturated heterocycles. The summed E-state index contributed by atoms with van der Waals surface area (Å²) in [5, 5.41) is 5.69. The van der Waals surface area contributed by atoms with Crippen molar-refractivity contribution < 1.29 is 31.9 Å². The van der Waals surface area contributed by atoms with Gasteiger partial charge in [-0.2, -0.15) is 4.31 Å². The number of rotatable bonds is 10. The summed E-state index contributed by atoms with van der Waals surface area (Å²) in [6.07, 6.45) is 2.31. The minimum atomic E-state index is -3.71. The first-order chi connectivity index (χ1) is 18.3. The molecule has 0 spiro atoms. The minimum absolute atomic E-state index is 0.169. The van der Waals surface area contributed by atoms with E-state index in [9.17, 15) is 18.0 Å². The summed E-state index contributed by atoms with van der Waals surface area (Å²) in [6, 6.07) is 15.5. The first-order valence-corrected chi connectivity index (χ1v) is 13.6. The number of amides is 2. The van der Waals surface area contributed by atoms with E-state index in [-0.39, 0.29) is 36.4 Å². The number of sulfonamides is 1. The first-order valence-electron chi connectivity index (χ1n) is 12.2. The van der Waals surface area contributed by atoms with Crippen molar-refractivity contribution in [2.45, 2.75) is 30.3 Å². The van der Waals surface area contributed by atoms with Gasteiger partial charge in [0.15, 0.2) is 0 Å². The fourth-order valence-corrected chi connectivity index (χ4v) is 5.90. The number of piperidine rings is 1. The predicted molar refractivity (Wildman–Crippen MR) is 139 cm³/mol. The number of ether oxygens (including phenoxy) is 2. The zero-order valence-electron chi connectivity index (χ0n) is 21.3. The highest BCUT2D eigenvalue weighted by molar-refractivity contribution is 7.89. The van der Waals surface area contributed by atoms with E-state index in [0.717, 1.165) is 0 Å². The molecule has 0 radical (unpaired) electrons. The number of methoxy groups -OCH3 is 2. The Kier molecular flexibility index (Phi) is 8.70. The lowest BCUT2D eigenvalue weighted by Gasteiger charge is -2.35. The Bertz CT molecular complexity index is 1330. The molecule has 1 aliphatic heterocycles. The number of nitrogens with zero attached hydrogens (tertiary/aromatic N) is 1. The van der Waals surface area contributed by atoms with Crippen molar-refractivity contribution >= 4 is 21.8 Å². The molecule has 4 rings (SSSR count). The number of hydrogen-bond acceptors (Lipinski definition) is 7. The SMILES string of the molecule is COc1ccc(S(=O)(=O)N2CCC([C@H](NC(=O)c3cccc(OC)c3)C(=O)NCc3ccco3)CC2)cc1. The molecule has 1 aliphatic rings. The second-order valence-corrected chi connectivity index (χ2v) is 10.8. The van der Waals surface area contributed by atoms with Crippen LogP contribution in [0.4, 0.5) is 0 Å². The van der Waals surface area contributed by atoms with Crippen LogP contribution in [-0.2, 0) is 21.4 Å². The summed E-state index contributed by atoms with van der Waals surface area (Å²) >= 11 is 0. The second kappa shape index (κ2) is 12.1. The Hall–Kier alpha value is -3.83. The van der Waals surface area contributed by atoms with E-state index in [2.05, 4.69) is 10.6 Å². The highest BCUT2D eigenvalue weighted by Gasteiger charge is 2.36. The highest BCUT2D eigenvalue weighted by Crippen LogP contribution is 2.27. The van der Waals surface area contributed by atoms with Crippen LogP contribution in [0, 0.1) is 5.92 Å². The quantitative estimate of drug-likeness (QED) is 0.404. The Balaban J connectivity index is 1.47. The lowest BCUT2D eigenvalue weighted by atomic mass is 9.89. The van der Waals surface area contributed by atoms with Crippen LogP contribution >= 0.6 is 0 Å². The van der Waals surface area contributed by atoms with Crippen molar-refractivity contribution in [3.8, 4) is 11.5 Å². The van der Waals surface area contributed by atoms with Crippen LogP contribution < -0.4 is 20.1 Å². The Morgan fingerprint density at radius 1 is 1.00 bits per heavy atom. The third-order valence-corrected chi connectivity index (χ3v) is 8.50. The summed E-state index contributed by atoms with van der Waals surface area (Å²) in [7, 11) is -0.680. The number of nitrogens with one attached hydrogen (secondary N) is 2. The Morgan fingerprint density at radius 2 is 1.71 bits per heavy atom. The largest absolute Gasteiger partial charge is 0.497 e. The van der Waals surface area contributed by atoms with Crippen molar-refractivity contribution in [2.75, 3.05) is 27.3 Å². The Labute approximate surface area is 222 Å². The lowest BCUT2D eigenvalue weighted by Crippen LogP contribution is -2.53. The van der Waals surface area contributed by atoms with Crippen LogP contribution in [0.1, 0.15) is 29.0 Å². The minimum Gasteiger partial charge on any atom is -0.497 e. The van der Waals surface area contributed by atoms with Gasteiger partial charge in [0.2, 0.25) is 15.9 Å². The van der Waals surface area contributed by atoms with Crippen LogP contribution in [0.25, 0.3) is 0 Å². The maximum Gasteiger partial charge on any atom is 0.252 e. The molecule has 0 unspecified atom stereocenters. The molecule has 38 heavy (non-hydrogen) atoms. The molecule has 2 amide bonds. The summed E-state index contributed by atoms with van der Waals surface area (Å²) in [5.74, 6) is 0.607. The number of furan rings is 1. The van der Waals surface area contributed by atoms with Gasteiger partial charge in [-0.3, -0.25) is 9.59 Å². The number of carbonyl (C=O) groups excluding carboxylic acids is 2. The maximum absolute atomic E-state index is 13.3. The molecule has 2 N–H and O–H groups in total. The zero-order chi connectivity index (χ0) is 27.1. The summed E-state index contributed by atoms with van der Waals surface area (Å²) in [6.45, 7) is 0.605. The molecule has 10 nitrogen and oxygen atoms in total. The van der Waals surface area contributed by atoms with Gasteiger partial charge in [-0.15, -0.1) is 0 Å². The molecule has 1 fully saturated rings. The summed E-state index contributed by atoms with van der Waals surface area (Å²) in [5.41, 5.74) is 0.354. The second-order valence-electron chi connectivity index (χ2n) is 8.90. The van der Waals surface area contributed by atoms with Crippen LogP contribution in [0.15, 0.2) is 76.2 Å². The molecular weight excluding hydrogens is 510 g/mol. The molecule has 1 aromatic heterocycles. The maximum atomic E-state index is 13.3. The monoisotopic (exact) mass is 541 g/mol. The van der Waals surface area contributed by atoms with E-state index >= 15 is 0 Å². The third-order valence-electron chi connectivity index (χ3n) is 6.59. The molecule has 0 aliphatic carbocycles. The van der Waals surface area contributed by atoms with Crippen LogP contribution in [0.5, 0.6) is 11.5 Å². The van der Waals surface area contributed by atoms with Gasteiger partial charge in [-0.1, -0.05) is 6.07 Å². The Morgan fingerprint density at radius 3 is 2.34 bits per heavy atom. The van der Waals surface area contributed by atoms with Gasteiger partial charge in [0.25, 0.3) is 5.91 Å². The standard InChI is InChI=1S/C27H31N3O7S/c1-35-21-8-10-24(11-9-21)38(33,34)30-14-12-19(13-15-30)25(27(32)28-18-23-7-4-16-37-23)29-26(31)20-5-3-6-22(17-20)36-2/h3-11,16-17,19,25H,12-15,18H2,1-2H3,(H,28,32)(H,29,31)/t25-/m0/s1. The predicted octanol–water partition coefficient (Wildman–Crippen LogP) is 2.81. The molecule has 2 aromatic carbocycles. The molecule has 2 heterocycles. The van der Waals surface area contributed by atoms with Gasteiger partial charge < -0.3 is 24.5 Å². The fraction of sp³-hybridized carbons (Fsp3) is 0.333. The van der Waals surface area contributed by atoms with Crippen LogP contribution in [0.3, 0.4) is 0 Å². The zero-order valence-corrected chi connectivity index (χ0v) is 22.1. The van der Waals surface area contributed by atoms with Crippen molar-refractivity contribution in [1.82, 2.24) is 14.9 Å². The molecule has 3 aromatic rings. The van der Waals surface area contributed by atoms with Crippen molar-refractivity contribution in [3.05, 3.63) is 78.3 Å². The van der Waals surface area contributed by atoms with Crippen LogP contribution in [-0.4, -0.2) is 57.9 Å². The van der Waals surface area contributed by atoms with E-state index in [4.69, 9.17) is 13.9 Å². The van der Waals surface area contributed by atoms with Gasteiger partial charge in [-0.25, -0.2) is 8.42 Å². The lowest BCUT2D eigenvalue weighted by molar-refractivity contribution is -0.124. The first kappa shape index (κ1) is 27.2. The number of benzene rings is 2. The van der Waals surface area contributed by atoms with E-state index in [0.29, 0.717) is 35.7 Å². The molecular formula is C27H31N3O7S. The molecule has 1 atom stereocenters. The van der Waals surface area contributed by atoms with Gasteiger partial charge in [-0.05, 0) is 73.4 Å². The van der Waals surface area contributed by atoms with Gasteiger partial charge in [0.1, 0.15) is 23.3 Å². The molecule has 0 bridgehead atoms. The van der Waals surface area contributed by atoms with Gasteiger partial charge >= 0.3 is 0 Å². The van der Waals surface area contributed by atoms with Gasteiger partial charge in [0.05, 0.1) is 31.9 Å². The average molecular weight is 542 g/mol. The summed E-state index contributed by atoms with van der Waals surface area (Å²) < 4.78 is 43.4. The van der Waals surface area contributed by atoms with Crippen molar-refractivity contribution in [3.63, 3.8) is 0 Å². The molecule has 0 saturated carbocycles. The van der Waals surface area contributed by atoms with E-state index in [1.807, 2.05) is 0 Å². The normalized spacial score (nSPS) is 15.4. The molecule has 11 heteroatoms. The number of carbonyl (C=O) groups is 2. The van der Waals surface area contributed by atoms with Crippen molar-refractivity contribution in [2.24, 2.45) is 5.92 Å². The topological polar surface area (TPSA) is 127 Å². The smallest absolute Gasteiger partial charge is 0.252 e.